The standard InChI is InChI=1S/C19H29N3O3S/c1-3-14(2)18(19(24)25)20-12-17(23)21-16-6-4-5-15(11-16)13-22-7-9-26-10-8-22/h4-6,11,14,18,20H,3,7-10,12-13H2,1-2H3,(H,21,23)(H,24,25)/t14-,18-/m0/s1. The highest BCUT2D eigenvalue weighted by Gasteiger charge is 2.23. The second-order valence-corrected chi connectivity index (χ2v) is 7.94. The highest BCUT2D eigenvalue weighted by molar-refractivity contribution is 7.99. The third-order valence-electron chi connectivity index (χ3n) is 4.68. The highest BCUT2D eigenvalue weighted by atomic mass is 32.2. The fourth-order valence-corrected chi connectivity index (χ4v) is 3.92. The van der Waals surface area contributed by atoms with E-state index in [1.165, 1.54) is 17.1 Å². The van der Waals surface area contributed by atoms with Crippen molar-refractivity contribution in [2.24, 2.45) is 5.92 Å². The minimum atomic E-state index is -0.922. The first-order valence-corrected chi connectivity index (χ1v) is 10.3. The first-order chi connectivity index (χ1) is 12.5. The normalized spacial score (nSPS) is 17.5. The number of nitrogens with zero attached hydrogens (tertiary/aromatic N) is 1. The van der Waals surface area contributed by atoms with E-state index in [2.05, 4.69) is 21.6 Å². The van der Waals surface area contributed by atoms with Gasteiger partial charge in [-0.25, -0.2) is 0 Å². The number of nitrogens with one attached hydrogen (secondary N) is 2. The smallest absolute Gasteiger partial charge is 0.320 e. The first-order valence-electron chi connectivity index (χ1n) is 9.14. The van der Waals surface area contributed by atoms with Crippen LogP contribution in [0.25, 0.3) is 0 Å². The number of hydrogen-bond donors (Lipinski definition) is 3. The molecule has 0 bridgehead atoms. The summed E-state index contributed by atoms with van der Waals surface area (Å²) in [6.07, 6.45) is 0.739. The predicted molar refractivity (Wildman–Crippen MR) is 107 cm³/mol. The monoisotopic (exact) mass is 379 g/mol. The molecule has 0 spiro atoms. The molecule has 6 nitrogen and oxygen atoms in total. The number of rotatable bonds is 9. The number of thioether (sulfide) groups is 1. The van der Waals surface area contributed by atoms with Crippen LogP contribution in [0, 0.1) is 5.92 Å². The summed E-state index contributed by atoms with van der Waals surface area (Å²) in [6, 6.07) is 7.14. The molecule has 0 unspecified atom stereocenters. The Morgan fingerprint density at radius 2 is 2.04 bits per heavy atom. The average Bonchev–Trinajstić information content (AvgIpc) is 2.62. The number of amides is 1. The Hall–Kier alpha value is -1.57. The number of carboxylic acid groups (broad SMARTS) is 1. The van der Waals surface area contributed by atoms with E-state index in [9.17, 15) is 14.7 Å². The summed E-state index contributed by atoms with van der Waals surface area (Å²) in [7, 11) is 0. The van der Waals surface area contributed by atoms with Crippen LogP contribution in [0.5, 0.6) is 0 Å². The number of aliphatic carboxylic acids is 1. The van der Waals surface area contributed by atoms with Crippen molar-refractivity contribution in [3.63, 3.8) is 0 Å². The quantitative estimate of drug-likeness (QED) is 0.611. The zero-order valence-electron chi connectivity index (χ0n) is 15.5. The molecule has 2 rings (SSSR count). The number of anilines is 1. The van der Waals surface area contributed by atoms with Crippen LogP contribution in [0.1, 0.15) is 25.8 Å². The van der Waals surface area contributed by atoms with Crippen LogP contribution >= 0.6 is 11.8 Å². The van der Waals surface area contributed by atoms with Crippen LogP contribution < -0.4 is 10.6 Å². The van der Waals surface area contributed by atoms with Gasteiger partial charge >= 0.3 is 5.97 Å². The van der Waals surface area contributed by atoms with Gasteiger partial charge in [0.15, 0.2) is 0 Å². The Kier molecular flexibility index (Phi) is 8.41. The minimum absolute atomic E-state index is 0.0190. The maximum Gasteiger partial charge on any atom is 0.320 e. The highest BCUT2D eigenvalue weighted by Crippen LogP contribution is 2.16. The van der Waals surface area contributed by atoms with Gasteiger partial charge in [0.1, 0.15) is 6.04 Å². The van der Waals surface area contributed by atoms with E-state index in [0.717, 1.165) is 31.7 Å². The third-order valence-corrected chi connectivity index (χ3v) is 5.62. The molecule has 7 heteroatoms. The van der Waals surface area contributed by atoms with E-state index >= 15 is 0 Å². The predicted octanol–water partition coefficient (Wildman–Crippen LogP) is 2.26. The van der Waals surface area contributed by atoms with Crippen LogP contribution in [0.3, 0.4) is 0 Å². The Balaban J connectivity index is 1.86. The molecular formula is C19H29N3O3S. The second kappa shape index (κ2) is 10.5. The second-order valence-electron chi connectivity index (χ2n) is 6.72. The van der Waals surface area contributed by atoms with Crippen molar-refractivity contribution >= 4 is 29.3 Å². The van der Waals surface area contributed by atoms with Gasteiger partial charge in [-0.2, -0.15) is 11.8 Å². The van der Waals surface area contributed by atoms with Gasteiger partial charge in [-0.1, -0.05) is 32.4 Å². The van der Waals surface area contributed by atoms with Crippen LogP contribution in [-0.2, 0) is 16.1 Å². The van der Waals surface area contributed by atoms with E-state index in [4.69, 9.17) is 0 Å². The molecule has 1 aromatic carbocycles. The Morgan fingerprint density at radius 3 is 2.69 bits per heavy atom. The Bertz CT molecular complexity index is 605. The van der Waals surface area contributed by atoms with Crippen molar-refractivity contribution in [2.45, 2.75) is 32.9 Å². The van der Waals surface area contributed by atoms with Crippen molar-refractivity contribution in [3.05, 3.63) is 29.8 Å². The van der Waals surface area contributed by atoms with Crippen LogP contribution in [0.2, 0.25) is 0 Å². The van der Waals surface area contributed by atoms with Crippen LogP contribution in [0.4, 0.5) is 5.69 Å². The lowest BCUT2D eigenvalue weighted by Crippen LogP contribution is -2.45. The molecule has 26 heavy (non-hydrogen) atoms. The summed E-state index contributed by atoms with van der Waals surface area (Å²) >= 11 is 1.99. The van der Waals surface area contributed by atoms with Crippen molar-refractivity contribution in [2.75, 3.05) is 36.5 Å². The van der Waals surface area contributed by atoms with Gasteiger partial charge in [-0.05, 0) is 23.6 Å². The molecule has 0 saturated carbocycles. The summed E-state index contributed by atoms with van der Waals surface area (Å²) in [6.45, 7) is 6.86. The van der Waals surface area contributed by atoms with Crippen molar-refractivity contribution in [3.8, 4) is 0 Å². The molecule has 0 aromatic heterocycles. The minimum Gasteiger partial charge on any atom is -0.480 e. The van der Waals surface area contributed by atoms with Gasteiger partial charge in [0.05, 0.1) is 6.54 Å². The molecular weight excluding hydrogens is 350 g/mol. The molecule has 0 radical (unpaired) electrons. The number of carboxylic acids is 1. The van der Waals surface area contributed by atoms with Gasteiger partial charge in [-0.3, -0.25) is 19.8 Å². The largest absolute Gasteiger partial charge is 0.480 e. The Morgan fingerprint density at radius 1 is 1.31 bits per heavy atom. The number of hydrogen-bond acceptors (Lipinski definition) is 5. The summed E-state index contributed by atoms with van der Waals surface area (Å²) < 4.78 is 0. The molecule has 1 fully saturated rings. The number of benzene rings is 1. The fourth-order valence-electron chi connectivity index (χ4n) is 2.94. The van der Waals surface area contributed by atoms with Gasteiger partial charge in [0, 0.05) is 36.8 Å². The van der Waals surface area contributed by atoms with Crippen LogP contribution in [0.15, 0.2) is 24.3 Å². The molecule has 1 saturated heterocycles. The lowest BCUT2D eigenvalue weighted by Gasteiger charge is -2.26. The van der Waals surface area contributed by atoms with E-state index < -0.39 is 12.0 Å². The first kappa shape index (κ1) is 20.7. The Labute approximate surface area is 159 Å². The lowest BCUT2D eigenvalue weighted by atomic mass is 9.99. The molecule has 3 N–H and O–H groups in total. The van der Waals surface area contributed by atoms with Crippen molar-refractivity contribution in [1.82, 2.24) is 10.2 Å². The van der Waals surface area contributed by atoms with E-state index in [1.807, 2.05) is 43.8 Å². The van der Waals surface area contributed by atoms with Gasteiger partial charge < -0.3 is 10.4 Å². The number of carbonyl (C=O) groups excluding carboxylic acids is 1. The molecule has 1 aliphatic rings. The lowest BCUT2D eigenvalue weighted by molar-refractivity contribution is -0.140. The molecule has 0 aliphatic carbocycles. The van der Waals surface area contributed by atoms with E-state index in [-0.39, 0.29) is 18.4 Å². The number of carbonyl (C=O) groups is 2. The van der Waals surface area contributed by atoms with Gasteiger partial charge in [0.25, 0.3) is 0 Å². The summed E-state index contributed by atoms with van der Waals surface area (Å²) in [5.74, 6) is 1.15. The molecule has 144 valence electrons. The topological polar surface area (TPSA) is 81.7 Å². The van der Waals surface area contributed by atoms with E-state index in [0.29, 0.717) is 0 Å². The average molecular weight is 380 g/mol. The molecule has 1 aliphatic heterocycles. The SMILES string of the molecule is CC[C@H](C)[C@H](NCC(=O)Nc1cccc(CN2CCSCC2)c1)C(=O)O. The zero-order valence-corrected chi connectivity index (χ0v) is 16.3. The molecule has 2 atom stereocenters. The summed E-state index contributed by atoms with van der Waals surface area (Å²) in [5, 5.41) is 15.0. The molecule has 1 heterocycles. The summed E-state index contributed by atoms with van der Waals surface area (Å²) in [4.78, 5) is 25.9. The fraction of sp³-hybridized carbons (Fsp3) is 0.579. The third kappa shape index (κ3) is 6.63. The van der Waals surface area contributed by atoms with Gasteiger partial charge in [0.2, 0.25) is 5.91 Å². The molecule has 1 amide bonds. The zero-order chi connectivity index (χ0) is 18.9. The van der Waals surface area contributed by atoms with Crippen LogP contribution in [-0.4, -0.2) is 59.1 Å². The van der Waals surface area contributed by atoms with E-state index in [1.54, 1.807) is 0 Å². The van der Waals surface area contributed by atoms with Crippen molar-refractivity contribution in [1.29, 1.82) is 0 Å². The summed E-state index contributed by atoms with van der Waals surface area (Å²) in [5.41, 5.74) is 1.92. The maximum atomic E-state index is 12.2. The maximum absolute atomic E-state index is 12.2. The van der Waals surface area contributed by atoms with Crippen molar-refractivity contribution < 1.29 is 14.7 Å². The molecule has 1 aromatic rings. The van der Waals surface area contributed by atoms with Gasteiger partial charge in [-0.15, -0.1) is 0 Å².